The molecule has 0 saturated heterocycles. The number of likely N-dealkylation sites (N-methyl/N-ethyl adjacent to an activating group) is 1. The Labute approximate surface area is 85.5 Å². The summed E-state index contributed by atoms with van der Waals surface area (Å²) in [5, 5.41) is 0. The molecule has 14 heavy (non-hydrogen) atoms. The maximum absolute atomic E-state index is 5.64. The van der Waals surface area contributed by atoms with E-state index in [2.05, 4.69) is 37.1 Å². The van der Waals surface area contributed by atoms with Crippen molar-refractivity contribution in [2.24, 2.45) is 0 Å². The first-order chi connectivity index (χ1) is 6.83. The van der Waals surface area contributed by atoms with Gasteiger partial charge in [-0.2, -0.15) is 0 Å². The summed E-state index contributed by atoms with van der Waals surface area (Å²) in [4.78, 5) is 2.37. The Balaban J connectivity index is 2.17. The second-order valence-electron chi connectivity index (χ2n) is 3.85. The fourth-order valence-electron chi connectivity index (χ4n) is 2.02. The highest BCUT2D eigenvalue weighted by Crippen LogP contribution is 2.34. The first-order valence-corrected chi connectivity index (χ1v) is 5.25. The molecule has 1 unspecified atom stereocenters. The minimum atomic E-state index is 0.450. The van der Waals surface area contributed by atoms with E-state index in [1.54, 1.807) is 0 Å². The number of fused-ring (bicyclic) bond motifs is 1. The Morgan fingerprint density at radius 2 is 2.21 bits per heavy atom. The third-order valence-electron chi connectivity index (χ3n) is 2.78. The van der Waals surface area contributed by atoms with E-state index < -0.39 is 0 Å². The zero-order valence-corrected chi connectivity index (χ0v) is 8.86. The third-order valence-corrected chi connectivity index (χ3v) is 2.78. The highest BCUT2D eigenvalue weighted by atomic mass is 16.5. The van der Waals surface area contributed by atoms with E-state index in [0.717, 1.165) is 18.9 Å². The molecule has 0 spiro atoms. The molecule has 1 aliphatic heterocycles. The molecule has 1 aromatic rings. The average molecular weight is 191 g/mol. The second kappa shape index (κ2) is 4.01. The van der Waals surface area contributed by atoms with E-state index in [0.29, 0.717) is 6.04 Å². The number of para-hydroxylation sites is 1. The molecule has 1 atom stereocenters. The molecule has 0 N–H and O–H groups in total. The van der Waals surface area contributed by atoms with Crippen LogP contribution in [0.4, 0.5) is 0 Å². The van der Waals surface area contributed by atoms with Gasteiger partial charge in [-0.05, 0) is 26.1 Å². The van der Waals surface area contributed by atoms with Crippen LogP contribution in [-0.2, 0) is 0 Å². The van der Waals surface area contributed by atoms with Crippen molar-refractivity contribution in [3.05, 3.63) is 29.8 Å². The van der Waals surface area contributed by atoms with Crippen LogP contribution in [0.25, 0.3) is 0 Å². The molecule has 76 valence electrons. The molecule has 1 heterocycles. The lowest BCUT2D eigenvalue weighted by Gasteiger charge is -2.22. The Kier molecular flexibility index (Phi) is 2.73. The van der Waals surface area contributed by atoms with Gasteiger partial charge in [0.25, 0.3) is 0 Å². The second-order valence-corrected chi connectivity index (χ2v) is 3.85. The van der Waals surface area contributed by atoms with Crippen LogP contribution in [0.5, 0.6) is 5.75 Å². The molecule has 0 aliphatic carbocycles. The van der Waals surface area contributed by atoms with Crippen molar-refractivity contribution < 1.29 is 4.74 Å². The summed E-state index contributed by atoms with van der Waals surface area (Å²) < 4.78 is 5.64. The number of ether oxygens (including phenoxy) is 1. The van der Waals surface area contributed by atoms with Crippen LogP contribution in [0, 0.1) is 0 Å². The number of nitrogens with zero attached hydrogens (tertiary/aromatic N) is 1. The first-order valence-electron chi connectivity index (χ1n) is 5.25. The van der Waals surface area contributed by atoms with E-state index in [1.165, 1.54) is 12.0 Å². The quantitative estimate of drug-likeness (QED) is 0.727. The van der Waals surface area contributed by atoms with Crippen molar-refractivity contribution in [2.45, 2.75) is 19.4 Å². The molecule has 0 saturated carbocycles. The Morgan fingerprint density at radius 1 is 1.43 bits per heavy atom. The van der Waals surface area contributed by atoms with Gasteiger partial charge >= 0.3 is 0 Å². The van der Waals surface area contributed by atoms with Crippen LogP contribution in [0.3, 0.4) is 0 Å². The number of hydrogen-bond donors (Lipinski definition) is 0. The summed E-state index contributed by atoms with van der Waals surface area (Å²) in [6.45, 7) is 4.14. The highest BCUT2D eigenvalue weighted by molar-refractivity contribution is 5.39. The van der Waals surface area contributed by atoms with E-state index >= 15 is 0 Å². The predicted molar refractivity (Wildman–Crippen MR) is 57.6 cm³/mol. The van der Waals surface area contributed by atoms with Crippen LogP contribution in [0.1, 0.15) is 24.9 Å². The summed E-state index contributed by atoms with van der Waals surface area (Å²) in [6, 6.07) is 8.78. The van der Waals surface area contributed by atoms with Gasteiger partial charge in [0.15, 0.2) is 0 Å². The van der Waals surface area contributed by atoms with Gasteiger partial charge in [0, 0.05) is 5.56 Å². The van der Waals surface area contributed by atoms with E-state index in [-0.39, 0.29) is 0 Å². The van der Waals surface area contributed by atoms with Crippen molar-refractivity contribution in [1.82, 2.24) is 4.90 Å². The molecular formula is C12H17NO. The Morgan fingerprint density at radius 3 is 3.00 bits per heavy atom. The van der Waals surface area contributed by atoms with Crippen LogP contribution in [-0.4, -0.2) is 25.1 Å². The van der Waals surface area contributed by atoms with Crippen LogP contribution < -0.4 is 4.74 Å². The smallest absolute Gasteiger partial charge is 0.124 e. The minimum Gasteiger partial charge on any atom is -0.491 e. The molecule has 1 aromatic carbocycles. The standard InChI is InChI=1S/C12H17NO/c1-3-8-13(2)11-9-14-12-7-5-4-6-10(11)12/h4-7,11H,3,8-9H2,1-2H3. The monoisotopic (exact) mass is 191 g/mol. The van der Waals surface area contributed by atoms with Crippen molar-refractivity contribution in [3.63, 3.8) is 0 Å². The van der Waals surface area contributed by atoms with Gasteiger partial charge in [-0.15, -0.1) is 0 Å². The molecule has 0 amide bonds. The van der Waals surface area contributed by atoms with E-state index in [9.17, 15) is 0 Å². The molecule has 0 fully saturated rings. The predicted octanol–water partition coefficient (Wildman–Crippen LogP) is 2.46. The van der Waals surface area contributed by atoms with Gasteiger partial charge in [0.05, 0.1) is 6.04 Å². The molecule has 0 radical (unpaired) electrons. The van der Waals surface area contributed by atoms with Crippen molar-refractivity contribution in [1.29, 1.82) is 0 Å². The van der Waals surface area contributed by atoms with Crippen molar-refractivity contribution >= 4 is 0 Å². The largest absolute Gasteiger partial charge is 0.491 e. The maximum atomic E-state index is 5.64. The van der Waals surface area contributed by atoms with Gasteiger partial charge in [-0.3, -0.25) is 4.90 Å². The molecule has 0 bridgehead atoms. The Hall–Kier alpha value is -1.02. The van der Waals surface area contributed by atoms with Gasteiger partial charge in [-0.25, -0.2) is 0 Å². The number of benzene rings is 1. The summed E-state index contributed by atoms with van der Waals surface area (Å²) >= 11 is 0. The molecule has 2 nitrogen and oxygen atoms in total. The molecular weight excluding hydrogens is 174 g/mol. The number of rotatable bonds is 3. The third kappa shape index (κ3) is 1.62. The van der Waals surface area contributed by atoms with Crippen molar-refractivity contribution in [3.8, 4) is 5.75 Å². The average Bonchev–Trinajstić information content (AvgIpc) is 2.61. The lowest BCUT2D eigenvalue weighted by atomic mass is 10.1. The molecule has 0 aromatic heterocycles. The SMILES string of the molecule is CCCN(C)C1COc2ccccc21. The van der Waals surface area contributed by atoms with Gasteiger partial charge in [0.2, 0.25) is 0 Å². The van der Waals surface area contributed by atoms with Gasteiger partial charge < -0.3 is 4.74 Å². The summed E-state index contributed by atoms with van der Waals surface area (Å²) in [7, 11) is 2.17. The maximum Gasteiger partial charge on any atom is 0.124 e. The fourth-order valence-corrected chi connectivity index (χ4v) is 2.02. The molecule has 2 rings (SSSR count). The van der Waals surface area contributed by atoms with Crippen LogP contribution in [0.15, 0.2) is 24.3 Å². The van der Waals surface area contributed by atoms with Crippen LogP contribution >= 0.6 is 0 Å². The normalized spacial score (nSPS) is 19.5. The summed E-state index contributed by atoms with van der Waals surface area (Å²) in [6.07, 6.45) is 1.19. The van der Waals surface area contributed by atoms with E-state index in [4.69, 9.17) is 4.74 Å². The fraction of sp³-hybridized carbons (Fsp3) is 0.500. The zero-order chi connectivity index (χ0) is 9.97. The highest BCUT2D eigenvalue weighted by Gasteiger charge is 2.26. The molecule has 2 heteroatoms. The van der Waals surface area contributed by atoms with Gasteiger partial charge in [0.1, 0.15) is 12.4 Å². The summed E-state index contributed by atoms with van der Waals surface area (Å²) in [5.74, 6) is 1.06. The lowest BCUT2D eigenvalue weighted by Crippen LogP contribution is -2.26. The summed E-state index contributed by atoms with van der Waals surface area (Å²) in [5.41, 5.74) is 1.34. The Bertz CT molecular complexity index is 311. The van der Waals surface area contributed by atoms with Crippen LogP contribution in [0.2, 0.25) is 0 Å². The van der Waals surface area contributed by atoms with E-state index in [1.807, 2.05) is 6.07 Å². The number of hydrogen-bond acceptors (Lipinski definition) is 2. The minimum absolute atomic E-state index is 0.450. The zero-order valence-electron chi connectivity index (χ0n) is 8.86. The molecule has 1 aliphatic rings. The van der Waals surface area contributed by atoms with Gasteiger partial charge in [-0.1, -0.05) is 25.1 Å². The topological polar surface area (TPSA) is 12.5 Å². The lowest BCUT2D eigenvalue weighted by molar-refractivity contribution is 0.196. The van der Waals surface area contributed by atoms with Crippen molar-refractivity contribution in [2.75, 3.05) is 20.2 Å². The first kappa shape index (κ1) is 9.53.